The van der Waals surface area contributed by atoms with E-state index < -0.39 is 0 Å². The SMILES string of the molecule is CCN1C2CCC1CC2. The minimum absolute atomic E-state index is 0.986. The van der Waals surface area contributed by atoms with Crippen LogP contribution in [0.2, 0.25) is 0 Å². The Hall–Kier alpha value is -0.0400. The summed E-state index contributed by atoms with van der Waals surface area (Å²) in [5.41, 5.74) is 0. The van der Waals surface area contributed by atoms with Crippen LogP contribution in [0, 0.1) is 0 Å². The van der Waals surface area contributed by atoms with Crippen LogP contribution in [0.1, 0.15) is 32.6 Å². The van der Waals surface area contributed by atoms with Gasteiger partial charge in [-0.05, 0) is 32.2 Å². The zero-order valence-electron chi connectivity index (χ0n) is 6.14. The molecule has 52 valence electrons. The van der Waals surface area contributed by atoms with Crippen LogP contribution >= 0.6 is 0 Å². The first-order chi connectivity index (χ1) is 4.42. The Morgan fingerprint density at radius 3 is 1.78 bits per heavy atom. The van der Waals surface area contributed by atoms with E-state index in [1.54, 1.807) is 0 Å². The molecule has 2 aliphatic heterocycles. The monoisotopic (exact) mass is 125 g/mol. The molecule has 9 heavy (non-hydrogen) atoms. The Balaban J connectivity index is 2.08. The summed E-state index contributed by atoms with van der Waals surface area (Å²) < 4.78 is 0. The van der Waals surface area contributed by atoms with Crippen LogP contribution in [0.25, 0.3) is 0 Å². The van der Waals surface area contributed by atoms with Gasteiger partial charge in [-0.25, -0.2) is 0 Å². The topological polar surface area (TPSA) is 3.24 Å². The molecule has 2 heterocycles. The van der Waals surface area contributed by atoms with Gasteiger partial charge in [0.05, 0.1) is 0 Å². The zero-order chi connectivity index (χ0) is 6.27. The van der Waals surface area contributed by atoms with E-state index in [4.69, 9.17) is 0 Å². The summed E-state index contributed by atoms with van der Waals surface area (Å²) >= 11 is 0. The van der Waals surface area contributed by atoms with Gasteiger partial charge in [-0.3, -0.25) is 4.90 Å². The van der Waals surface area contributed by atoms with Crippen LogP contribution in [-0.2, 0) is 0 Å². The van der Waals surface area contributed by atoms with Crippen molar-refractivity contribution in [3.63, 3.8) is 0 Å². The third-order valence-corrected chi connectivity index (χ3v) is 2.97. The molecule has 2 fully saturated rings. The third kappa shape index (κ3) is 0.710. The molecule has 0 aromatic rings. The van der Waals surface area contributed by atoms with Crippen LogP contribution in [0.5, 0.6) is 0 Å². The molecule has 0 unspecified atom stereocenters. The van der Waals surface area contributed by atoms with Gasteiger partial charge in [0.25, 0.3) is 0 Å². The summed E-state index contributed by atoms with van der Waals surface area (Å²) in [6.07, 6.45) is 5.94. The lowest BCUT2D eigenvalue weighted by molar-refractivity contribution is 0.267. The van der Waals surface area contributed by atoms with Gasteiger partial charge in [0.15, 0.2) is 0 Å². The van der Waals surface area contributed by atoms with E-state index in [0.717, 1.165) is 12.1 Å². The third-order valence-electron chi connectivity index (χ3n) is 2.97. The molecule has 2 bridgehead atoms. The number of hydrogen-bond donors (Lipinski definition) is 0. The van der Waals surface area contributed by atoms with Crippen molar-refractivity contribution in [1.29, 1.82) is 0 Å². The molecule has 0 amide bonds. The molecule has 0 radical (unpaired) electrons. The molecule has 0 N–H and O–H groups in total. The van der Waals surface area contributed by atoms with Crippen molar-refractivity contribution < 1.29 is 0 Å². The van der Waals surface area contributed by atoms with Crippen molar-refractivity contribution in [2.45, 2.75) is 44.7 Å². The Kier molecular flexibility index (Phi) is 1.26. The Labute approximate surface area is 57.0 Å². The summed E-state index contributed by atoms with van der Waals surface area (Å²) in [4.78, 5) is 2.68. The van der Waals surface area contributed by atoms with Crippen LogP contribution in [0.15, 0.2) is 0 Å². The normalized spacial score (nSPS) is 42.3. The van der Waals surface area contributed by atoms with Crippen LogP contribution < -0.4 is 0 Å². The average Bonchev–Trinajstić information content (AvgIpc) is 2.44. The Bertz CT molecular complexity index is 91.1. The lowest BCUT2D eigenvalue weighted by Gasteiger charge is -2.18. The van der Waals surface area contributed by atoms with Crippen molar-refractivity contribution in [3.8, 4) is 0 Å². The molecule has 2 aliphatic rings. The number of rotatable bonds is 1. The molecule has 0 atom stereocenters. The van der Waals surface area contributed by atoms with E-state index >= 15 is 0 Å². The van der Waals surface area contributed by atoms with Gasteiger partial charge in [0.2, 0.25) is 0 Å². The zero-order valence-corrected chi connectivity index (χ0v) is 6.14. The first-order valence-corrected chi connectivity index (χ1v) is 4.17. The van der Waals surface area contributed by atoms with Crippen molar-refractivity contribution in [2.75, 3.05) is 6.54 Å². The van der Waals surface area contributed by atoms with Gasteiger partial charge in [0, 0.05) is 12.1 Å². The molecule has 0 saturated carbocycles. The van der Waals surface area contributed by atoms with Crippen LogP contribution in [0.3, 0.4) is 0 Å². The summed E-state index contributed by atoms with van der Waals surface area (Å²) in [6.45, 7) is 3.58. The lowest BCUT2D eigenvalue weighted by Crippen LogP contribution is -2.27. The van der Waals surface area contributed by atoms with Crippen molar-refractivity contribution in [2.24, 2.45) is 0 Å². The summed E-state index contributed by atoms with van der Waals surface area (Å²) in [6, 6.07) is 1.97. The smallest absolute Gasteiger partial charge is 0.00992 e. The van der Waals surface area contributed by atoms with Crippen molar-refractivity contribution in [3.05, 3.63) is 0 Å². The standard InChI is InChI=1S/C8H15N/c1-2-9-7-3-4-8(9)6-5-7/h7-8H,2-6H2,1H3. The molecule has 0 aromatic heterocycles. The Morgan fingerprint density at radius 2 is 1.56 bits per heavy atom. The molecular formula is C8H15N. The van der Waals surface area contributed by atoms with Gasteiger partial charge in [-0.1, -0.05) is 6.92 Å². The maximum absolute atomic E-state index is 2.68. The van der Waals surface area contributed by atoms with Gasteiger partial charge < -0.3 is 0 Å². The maximum atomic E-state index is 2.68. The first kappa shape index (κ1) is 5.72. The average molecular weight is 125 g/mol. The highest BCUT2D eigenvalue weighted by molar-refractivity contribution is 4.93. The van der Waals surface area contributed by atoms with Crippen molar-refractivity contribution in [1.82, 2.24) is 4.90 Å². The molecule has 0 aromatic carbocycles. The van der Waals surface area contributed by atoms with E-state index in [1.165, 1.54) is 32.2 Å². The largest absolute Gasteiger partial charge is 0.298 e. The molecule has 1 heteroatoms. The maximum Gasteiger partial charge on any atom is 0.00992 e. The van der Waals surface area contributed by atoms with E-state index in [9.17, 15) is 0 Å². The van der Waals surface area contributed by atoms with E-state index in [-0.39, 0.29) is 0 Å². The highest BCUT2D eigenvalue weighted by Crippen LogP contribution is 2.36. The van der Waals surface area contributed by atoms with Gasteiger partial charge in [0.1, 0.15) is 0 Å². The number of hydrogen-bond acceptors (Lipinski definition) is 1. The first-order valence-electron chi connectivity index (χ1n) is 4.17. The number of nitrogens with zero attached hydrogens (tertiary/aromatic N) is 1. The molecule has 0 aliphatic carbocycles. The minimum Gasteiger partial charge on any atom is -0.298 e. The predicted octanol–water partition coefficient (Wildman–Crippen LogP) is 1.63. The van der Waals surface area contributed by atoms with Crippen LogP contribution in [0.4, 0.5) is 0 Å². The molecule has 0 spiro atoms. The fourth-order valence-corrected chi connectivity index (χ4v) is 2.54. The number of fused-ring (bicyclic) bond motifs is 2. The summed E-state index contributed by atoms with van der Waals surface area (Å²) in [7, 11) is 0. The van der Waals surface area contributed by atoms with Gasteiger partial charge in [-0.2, -0.15) is 0 Å². The lowest BCUT2D eigenvalue weighted by atomic mass is 10.0. The van der Waals surface area contributed by atoms with Gasteiger partial charge >= 0.3 is 0 Å². The molecular weight excluding hydrogens is 110 g/mol. The van der Waals surface area contributed by atoms with E-state index in [1.807, 2.05) is 0 Å². The highest BCUT2D eigenvalue weighted by Gasteiger charge is 2.37. The van der Waals surface area contributed by atoms with E-state index in [2.05, 4.69) is 11.8 Å². The van der Waals surface area contributed by atoms with Gasteiger partial charge in [-0.15, -0.1) is 0 Å². The summed E-state index contributed by atoms with van der Waals surface area (Å²) in [5.74, 6) is 0. The fourth-order valence-electron chi connectivity index (χ4n) is 2.54. The highest BCUT2D eigenvalue weighted by atomic mass is 15.2. The van der Waals surface area contributed by atoms with E-state index in [0.29, 0.717) is 0 Å². The predicted molar refractivity (Wildman–Crippen MR) is 38.4 cm³/mol. The fraction of sp³-hybridized carbons (Fsp3) is 1.00. The second-order valence-corrected chi connectivity index (χ2v) is 3.29. The Morgan fingerprint density at radius 1 is 1.11 bits per heavy atom. The van der Waals surface area contributed by atoms with Crippen molar-refractivity contribution >= 4 is 0 Å². The molecule has 1 nitrogen and oxygen atoms in total. The quantitative estimate of drug-likeness (QED) is 0.515. The second-order valence-electron chi connectivity index (χ2n) is 3.29. The van der Waals surface area contributed by atoms with Crippen LogP contribution in [-0.4, -0.2) is 23.5 Å². The molecule has 2 rings (SSSR count). The second kappa shape index (κ2) is 1.98. The minimum atomic E-state index is 0.986. The summed E-state index contributed by atoms with van der Waals surface area (Å²) in [5, 5.41) is 0. The molecule has 2 saturated heterocycles.